The molecule has 0 bridgehead atoms. The fourth-order valence-electron chi connectivity index (χ4n) is 1.24. The second kappa shape index (κ2) is 8.47. The minimum atomic E-state index is -4.19. The van der Waals surface area contributed by atoms with Crippen molar-refractivity contribution in [1.82, 2.24) is 0 Å². The Hall–Kier alpha value is -1.15. The summed E-state index contributed by atoms with van der Waals surface area (Å²) >= 11 is 5.84. The maximum atomic E-state index is 8.83. The number of aliphatic imine (C=N–C) groups is 1. The van der Waals surface area contributed by atoms with E-state index in [4.69, 9.17) is 30.2 Å². The van der Waals surface area contributed by atoms with Crippen molar-refractivity contribution in [2.75, 3.05) is 5.32 Å². The SMILES string of the molecule is C=C(C)C(=NC(C)(C)C)Nc1ccc(Cl)cc1.[O-][Cl+](O)(O)O. The zero-order valence-corrected chi connectivity index (χ0v) is 14.5. The summed E-state index contributed by atoms with van der Waals surface area (Å²) in [5.74, 6) is 0.805. The zero-order valence-electron chi connectivity index (χ0n) is 13.0. The fraction of sp³-hybridized carbons (Fsp3) is 0.357. The molecule has 126 valence electrons. The molecule has 0 heterocycles. The molecule has 22 heavy (non-hydrogen) atoms. The van der Waals surface area contributed by atoms with E-state index in [-0.39, 0.29) is 5.54 Å². The third-order valence-corrected chi connectivity index (χ3v) is 2.21. The first-order valence-corrected chi connectivity index (χ1v) is 7.92. The molecule has 4 N–H and O–H groups in total. The van der Waals surface area contributed by atoms with E-state index >= 15 is 0 Å². The van der Waals surface area contributed by atoms with Gasteiger partial charge in [-0.25, -0.2) is 0 Å². The summed E-state index contributed by atoms with van der Waals surface area (Å²) in [6.45, 7) is 12.0. The third kappa shape index (κ3) is 12.6. The number of rotatable bonds is 2. The standard InChI is InChI=1S/C14H19ClN2.ClH3O4/c1-10(2)13(17-14(3,4)5)16-12-8-6-11(15)7-9-12;2-1(3,4)5/h6-9H,1H2,2-5H3,(H,16,17);2-4H. The van der Waals surface area contributed by atoms with Crippen molar-refractivity contribution in [1.29, 1.82) is 0 Å². The van der Waals surface area contributed by atoms with Crippen molar-refractivity contribution in [2.45, 2.75) is 33.2 Å². The second-order valence-corrected chi connectivity index (χ2v) is 6.78. The van der Waals surface area contributed by atoms with Crippen LogP contribution in [0.4, 0.5) is 5.69 Å². The molecule has 0 aliphatic heterocycles. The Bertz CT molecular complexity index is 511. The molecule has 1 aromatic carbocycles. The van der Waals surface area contributed by atoms with Crippen LogP contribution in [-0.2, 0) is 0 Å². The summed E-state index contributed by atoms with van der Waals surface area (Å²) in [6, 6.07) is 7.53. The second-order valence-electron chi connectivity index (χ2n) is 5.48. The van der Waals surface area contributed by atoms with Gasteiger partial charge >= 0.3 is 28.9 Å². The van der Waals surface area contributed by atoms with Crippen LogP contribution in [0.2, 0.25) is 5.02 Å². The normalized spacial score (nSPS) is 13.0. The van der Waals surface area contributed by atoms with Gasteiger partial charge in [0.25, 0.3) is 0 Å². The molecule has 1 rings (SSSR count). The average molecular weight is 353 g/mol. The molecule has 6 nitrogen and oxygen atoms in total. The van der Waals surface area contributed by atoms with E-state index in [9.17, 15) is 0 Å². The van der Waals surface area contributed by atoms with Crippen LogP contribution in [0.25, 0.3) is 0 Å². The summed E-state index contributed by atoms with van der Waals surface area (Å²) in [7, 11) is -4.19. The van der Waals surface area contributed by atoms with Crippen molar-refractivity contribution in [3.63, 3.8) is 0 Å². The fourth-order valence-corrected chi connectivity index (χ4v) is 1.36. The predicted molar refractivity (Wildman–Crippen MR) is 83.7 cm³/mol. The van der Waals surface area contributed by atoms with Crippen LogP contribution >= 0.6 is 11.6 Å². The number of hydrogen-bond acceptors (Lipinski definition) is 5. The van der Waals surface area contributed by atoms with Gasteiger partial charge in [0.2, 0.25) is 0 Å². The Balaban J connectivity index is 0.000000763. The number of benzene rings is 1. The number of hydrogen-bond donors (Lipinski definition) is 4. The quantitative estimate of drug-likeness (QED) is 0.478. The number of nitrogens with one attached hydrogen (secondary N) is 1. The molecule has 0 aliphatic rings. The molecule has 0 aliphatic carbocycles. The van der Waals surface area contributed by atoms with Crippen LogP contribution in [0.15, 0.2) is 41.4 Å². The summed E-state index contributed by atoms with van der Waals surface area (Å²) in [5.41, 5.74) is 1.74. The number of halogens is 2. The van der Waals surface area contributed by atoms with E-state index in [2.05, 4.69) is 37.7 Å². The first kappa shape index (κ1) is 20.9. The van der Waals surface area contributed by atoms with Crippen LogP contribution in [0.1, 0.15) is 27.7 Å². The predicted octanol–water partition coefficient (Wildman–Crippen LogP) is 1.67. The number of anilines is 1. The van der Waals surface area contributed by atoms with Gasteiger partial charge in [0.1, 0.15) is 5.84 Å². The van der Waals surface area contributed by atoms with Gasteiger partial charge in [-0.2, -0.15) is 0 Å². The molecule has 0 aromatic heterocycles. The Morgan fingerprint density at radius 3 is 1.95 bits per heavy atom. The molecule has 0 fully saturated rings. The van der Waals surface area contributed by atoms with Gasteiger partial charge in [0.15, 0.2) is 0 Å². The van der Waals surface area contributed by atoms with E-state index in [0.29, 0.717) is 0 Å². The summed E-state index contributed by atoms with van der Waals surface area (Å²) in [4.78, 5) is 4.60. The van der Waals surface area contributed by atoms with E-state index < -0.39 is 10.2 Å². The molecule has 0 saturated heterocycles. The van der Waals surface area contributed by atoms with Crippen molar-refractivity contribution in [2.24, 2.45) is 4.99 Å². The molecule has 0 unspecified atom stereocenters. The van der Waals surface area contributed by atoms with Crippen LogP contribution in [0, 0.1) is 10.2 Å². The van der Waals surface area contributed by atoms with Gasteiger partial charge in [0.05, 0.1) is 5.54 Å². The molecular weight excluding hydrogens is 331 g/mol. The first-order valence-electron chi connectivity index (χ1n) is 6.22. The molecule has 0 saturated carbocycles. The maximum absolute atomic E-state index is 8.83. The van der Waals surface area contributed by atoms with E-state index in [1.165, 1.54) is 0 Å². The Labute approximate surface area is 137 Å². The Morgan fingerprint density at radius 1 is 1.23 bits per heavy atom. The van der Waals surface area contributed by atoms with Gasteiger partial charge in [-0.15, -0.1) is 0 Å². The van der Waals surface area contributed by atoms with Crippen LogP contribution in [-0.4, -0.2) is 25.4 Å². The summed E-state index contributed by atoms with van der Waals surface area (Å²) < 4.78 is 30.2. The van der Waals surface area contributed by atoms with Crippen LogP contribution in [0.3, 0.4) is 0 Å². The van der Waals surface area contributed by atoms with Crippen LogP contribution in [0.5, 0.6) is 0 Å². The number of amidine groups is 1. The Kier molecular flexibility index (Phi) is 8.03. The summed E-state index contributed by atoms with van der Waals surface area (Å²) in [5, 5.41) is 3.98. The molecule has 0 atom stereocenters. The molecule has 0 amide bonds. The molecular formula is C14H22Cl2N2O4. The first-order chi connectivity index (χ1) is 9.78. The molecule has 0 spiro atoms. The van der Waals surface area contributed by atoms with Gasteiger partial charge in [0, 0.05) is 10.7 Å². The van der Waals surface area contributed by atoms with Crippen molar-refractivity contribution < 1.29 is 28.9 Å². The molecule has 0 radical (unpaired) electrons. The van der Waals surface area contributed by atoms with E-state index in [1.54, 1.807) is 0 Å². The van der Waals surface area contributed by atoms with Gasteiger partial charge in [-0.3, -0.25) is 4.99 Å². The van der Waals surface area contributed by atoms with Crippen molar-refractivity contribution in [3.05, 3.63) is 41.4 Å². The van der Waals surface area contributed by atoms with Crippen molar-refractivity contribution in [3.8, 4) is 0 Å². The molecule has 8 heteroatoms. The van der Waals surface area contributed by atoms with Gasteiger partial charge in [-0.1, -0.05) is 18.2 Å². The molecule has 1 aromatic rings. The summed E-state index contributed by atoms with van der Waals surface area (Å²) in [6.07, 6.45) is 0. The zero-order chi connectivity index (χ0) is 17.6. The van der Waals surface area contributed by atoms with E-state index in [1.807, 2.05) is 31.2 Å². The Morgan fingerprint density at radius 2 is 1.64 bits per heavy atom. The topological polar surface area (TPSA) is 108 Å². The minimum absolute atomic E-state index is 0.131. The van der Waals surface area contributed by atoms with Gasteiger partial charge in [-0.05, 0) is 57.5 Å². The monoisotopic (exact) mass is 352 g/mol. The number of nitrogens with zero attached hydrogens (tertiary/aromatic N) is 1. The third-order valence-electron chi connectivity index (χ3n) is 1.96. The van der Waals surface area contributed by atoms with Crippen LogP contribution < -0.4 is 9.98 Å². The van der Waals surface area contributed by atoms with Crippen molar-refractivity contribution >= 4 is 23.1 Å². The average Bonchev–Trinajstić information content (AvgIpc) is 2.27. The van der Waals surface area contributed by atoms with Gasteiger partial charge < -0.3 is 5.32 Å². The van der Waals surface area contributed by atoms with E-state index in [0.717, 1.165) is 22.1 Å².